The number of halogens is 2. The average molecular weight is 301 g/mol. The fourth-order valence-corrected chi connectivity index (χ4v) is 3.01. The lowest BCUT2D eigenvalue weighted by molar-refractivity contribution is 0.456. The lowest BCUT2D eigenvalue weighted by Crippen LogP contribution is -2.33. The van der Waals surface area contributed by atoms with Crippen LogP contribution in [0.2, 0.25) is 10.0 Å². The summed E-state index contributed by atoms with van der Waals surface area (Å²) in [7, 11) is 0. The van der Waals surface area contributed by atoms with Crippen LogP contribution in [0.5, 0.6) is 0 Å². The summed E-state index contributed by atoms with van der Waals surface area (Å²) < 4.78 is 0. The summed E-state index contributed by atoms with van der Waals surface area (Å²) in [6, 6.07) is 6.53. The van der Waals surface area contributed by atoms with Gasteiger partial charge in [-0.3, -0.25) is 0 Å². The number of hydrogen-bond acceptors (Lipinski definition) is 2. The summed E-state index contributed by atoms with van der Waals surface area (Å²) in [5.74, 6) is 0. The molecule has 2 atom stereocenters. The molecule has 0 saturated carbocycles. The normalized spacial score (nSPS) is 21.7. The zero-order chi connectivity index (χ0) is 13.7. The molecule has 2 N–H and O–H groups in total. The Morgan fingerprint density at radius 1 is 1.32 bits per heavy atom. The number of benzene rings is 1. The molecule has 4 heteroatoms. The largest absolute Gasteiger partial charge is 0.381 e. The van der Waals surface area contributed by atoms with E-state index in [1.54, 1.807) is 0 Å². The van der Waals surface area contributed by atoms with Crippen molar-refractivity contribution in [3.63, 3.8) is 0 Å². The minimum Gasteiger partial charge on any atom is -0.381 e. The van der Waals surface area contributed by atoms with Gasteiger partial charge in [0.1, 0.15) is 0 Å². The number of nitrogens with one attached hydrogen (secondary N) is 2. The van der Waals surface area contributed by atoms with Crippen LogP contribution in [-0.4, -0.2) is 18.6 Å². The second-order valence-electron chi connectivity index (χ2n) is 5.41. The molecular formula is C15H22Cl2N2. The molecule has 19 heavy (non-hydrogen) atoms. The Hall–Kier alpha value is -0.440. The lowest BCUT2D eigenvalue weighted by atomic mass is 10.0. The molecule has 1 aromatic carbocycles. The van der Waals surface area contributed by atoms with E-state index in [2.05, 4.69) is 17.6 Å². The van der Waals surface area contributed by atoms with E-state index < -0.39 is 0 Å². The van der Waals surface area contributed by atoms with Gasteiger partial charge in [0.15, 0.2) is 0 Å². The van der Waals surface area contributed by atoms with Gasteiger partial charge in [-0.15, -0.1) is 0 Å². The zero-order valence-corrected chi connectivity index (χ0v) is 12.9. The van der Waals surface area contributed by atoms with Crippen molar-refractivity contribution in [2.45, 2.75) is 51.1 Å². The molecule has 106 valence electrons. The summed E-state index contributed by atoms with van der Waals surface area (Å²) in [5, 5.41) is 8.53. The smallest absolute Gasteiger partial charge is 0.0638 e. The molecule has 0 aliphatic carbocycles. The van der Waals surface area contributed by atoms with Gasteiger partial charge in [-0.25, -0.2) is 0 Å². The maximum absolute atomic E-state index is 6.17. The van der Waals surface area contributed by atoms with Gasteiger partial charge in [-0.05, 0) is 50.9 Å². The van der Waals surface area contributed by atoms with Crippen molar-refractivity contribution < 1.29 is 0 Å². The first kappa shape index (κ1) is 15.0. The summed E-state index contributed by atoms with van der Waals surface area (Å²) >= 11 is 12.2. The fourth-order valence-electron chi connectivity index (χ4n) is 2.66. The van der Waals surface area contributed by atoms with E-state index in [0.29, 0.717) is 17.1 Å². The van der Waals surface area contributed by atoms with Crippen molar-refractivity contribution in [2.24, 2.45) is 0 Å². The molecule has 2 nitrogen and oxygen atoms in total. The van der Waals surface area contributed by atoms with Crippen LogP contribution in [0.1, 0.15) is 39.0 Å². The third-order valence-corrected chi connectivity index (χ3v) is 4.20. The maximum atomic E-state index is 6.17. The Morgan fingerprint density at radius 2 is 2.16 bits per heavy atom. The number of hydrogen-bond donors (Lipinski definition) is 2. The van der Waals surface area contributed by atoms with Crippen LogP contribution in [0.4, 0.5) is 5.69 Å². The van der Waals surface area contributed by atoms with Crippen molar-refractivity contribution in [3.8, 4) is 0 Å². The van der Waals surface area contributed by atoms with Crippen molar-refractivity contribution in [2.75, 3.05) is 11.9 Å². The van der Waals surface area contributed by atoms with Crippen LogP contribution in [0.25, 0.3) is 0 Å². The molecule has 1 heterocycles. The van der Waals surface area contributed by atoms with Crippen molar-refractivity contribution in [1.29, 1.82) is 0 Å². The Morgan fingerprint density at radius 3 is 3.00 bits per heavy atom. The molecule has 0 amide bonds. The summed E-state index contributed by atoms with van der Waals surface area (Å²) in [6.45, 7) is 3.35. The topological polar surface area (TPSA) is 24.1 Å². The van der Waals surface area contributed by atoms with E-state index in [0.717, 1.165) is 23.7 Å². The predicted octanol–water partition coefficient (Wildman–Crippen LogP) is 4.72. The maximum Gasteiger partial charge on any atom is 0.0638 e. The molecule has 0 bridgehead atoms. The predicted molar refractivity (Wildman–Crippen MR) is 84.4 cm³/mol. The van der Waals surface area contributed by atoms with Crippen molar-refractivity contribution >= 4 is 28.9 Å². The highest BCUT2D eigenvalue weighted by molar-refractivity contribution is 6.35. The van der Waals surface area contributed by atoms with Gasteiger partial charge in [-0.2, -0.15) is 0 Å². The van der Waals surface area contributed by atoms with E-state index in [4.69, 9.17) is 23.2 Å². The van der Waals surface area contributed by atoms with Gasteiger partial charge >= 0.3 is 0 Å². The SMILES string of the molecule is CC(CC1CCCCCN1)Nc1cc(Cl)ccc1Cl. The van der Waals surface area contributed by atoms with Crippen LogP contribution in [-0.2, 0) is 0 Å². The first-order chi connectivity index (χ1) is 9.15. The molecule has 1 aromatic rings. The van der Waals surface area contributed by atoms with E-state index in [1.165, 1.54) is 25.7 Å². The van der Waals surface area contributed by atoms with Gasteiger partial charge in [0.25, 0.3) is 0 Å². The monoisotopic (exact) mass is 300 g/mol. The average Bonchev–Trinajstić information content (AvgIpc) is 2.62. The molecule has 1 aliphatic heterocycles. The quantitative estimate of drug-likeness (QED) is 0.841. The minimum absolute atomic E-state index is 0.381. The van der Waals surface area contributed by atoms with Crippen molar-refractivity contribution in [3.05, 3.63) is 28.2 Å². The Balaban J connectivity index is 1.89. The van der Waals surface area contributed by atoms with Crippen molar-refractivity contribution in [1.82, 2.24) is 5.32 Å². The summed E-state index contributed by atoms with van der Waals surface area (Å²) in [6.07, 6.45) is 6.38. The molecule has 1 fully saturated rings. The molecular weight excluding hydrogens is 279 g/mol. The Kier molecular flexibility index (Phi) is 5.80. The van der Waals surface area contributed by atoms with Crippen LogP contribution in [0, 0.1) is 0 Å². The number of rotatable bonds is 4. The third-order valence-electron chi connectivity index (χ3n) is 3.63. The Bertz CT molecular complexity index is 401. The van der Waals surface area contributed by atoms with Crippen LogP contribution in [0.15, 0.2) is 18.2 Å². The first-order valence-corrected chi connectivity index (χ1v) is 7.85. The highest BCUT2D eigenvalue weighted by Gasteiger charge is 2.15. The molecule has 2 rings (SSSR count). The zero-order valence-electron chi connectivity index (χ0n) is 11.4. The third kappa shape index (κ3) is 4.87. The molecule has 0 radical (unpaired) electrons. The number of anilines is 1. The summed E-state index contributed by atoms with van der Waals surface area (Å²) in [4.78, 5) is 0. The molecule has 1 aliphatic rings. The van der Waals surface area contributed by atoms with Crippen LogP contribution in [0.3, 0.4) is 0 Å². The highest BCUT2D eigenvalue weighted by atomic mass is 35.5. The van der Waals surface area contributed by atoms with Gasteiger partial charge in [0, 0.05) is 17.1 Å². The molecule has 0 aromatic heterocycles. The van der Waals surface area contributed by atoms with E-state index in [-0.39, 0.29) is 0 Å². The fraction of sp³-hybridized carbons (Fsp3) is 0.600. The van der Waals surface area contributed by atoms with Crippen LogP contribution < -0.4 is 10.6 Å². The van der Waals surface area contributed by atoms with Gasteiger partial charge in [-0.1, -0.05) is 36.0 Å². The highest BCUT2D eigenvalue weighted by Crippen LogP contribution is 2.26. The van der Waals surface area contributed by atoms with Gasteiger partial charge < -0.3 is 10.6 Å². The minimum atomic E-state index is 0.381. The van der Waals surface area contributed by atoms with E-state index >= 15 is 0 Å². The van der Waals surface area contributed by atoms with Gasteiger partial charge in [0.2, 0.25) is 0 Å². The standard InChI is InChI=1S/C15H22Cl2N2/c1-11(9-13-5-3-2-4-8-18-13)19-15-10-12(16)6-7-14(15)17/h6-7,10-11,13,18-19H,2-5,8-9H2,1H3. The molecule has 2 unspecified atom stereocenters. The Labute approximate surface area is 125 Å². The lowest BCUT2D eigenvalue weighted by Gasteiger charge is -2.22. The second-order valence-corrected chi connectivity index (χ2v) is 6.25. The van der Waals surface area contributed by atoms with Crippen LogP contribution >= 0.6 is 23.2 Å². The molecule has 0 spiro atoms. The molecule has 1 saturated heterocycles. The van der Waals surface area contributed by atoms with E-state index in [9.17, 15) is 0 Å². The first-order valence-electron chi connectivity index (χ1n) is 7.10. The van der Waals surface area contributed by atoms with E-state index in [1.807, 2.05) is 18.2 Å². The second kappa shape index (κ2) is 7.37. The summed E-state index contributed by atoms with van der Waals surface area (Å²) in [5.41, 5.74) is 0.926. The van der Waals surface area contributed by atoms with Gasteiger partial charge in [0.05, 0.1) is 10.7 Å².